The number of hydrogen-bond donors (Lipinski definition) is 0. The van der Waals surface area contributed by atoms with Gasteiger partial charge in [-0.2, -0.15) is 0 Å². The van der Waals surface area contributed by atoms with Crippen molar-refractivity contribution in [2.24, 2.45) is 0 Å². The molecule has 0 fully saturated rings. The Morgan fingerprint density at radius 3 is 2.37 bits per heavy atom. The highest BCUT2D eigenvalue weighted by Gasteiger charge is 2.35. The molecule has 0 atom stereocenters. The molecule has 6 nitrogen and oxygen atoms in total. The molecule has 136 valence electrons. The number of esters is 1. The molecule has 0 aliphatic carbocycles. The summed E-state index contributed by atoms with van der Waals surface area (Å²) in [7, 11) is 0. The molecule has 2 aromatic carbocycles. The van der Waals surface area contributed by atoms with E-state index < -0.39 is 23.6 Å². The lowest BCUT2D eigenvalue weighted by molar-refractivity contribution is 0.0394. The van der Waals surface area contributed by atoms with Crippen LogP contribution in [0.5, 0.6) is 0 Å². The highest BCUT2D eigenvalue weighted by Crippen LogP contribution is 2.28. The number of hydrogen-bond acceptors (Lipinski definition) is 5. The van der Waals surface area contributed by atoms with Gasteiger partial charge < -0.3 is 9.15 Å². The third-order valence-corrected chi connectivity index (χ3v) is 4.53. The molecule has 0 bridgehead atoms. The van der Waals surface area contributed by atoms with Gasteiger partial charge in [-0.15, -0.1) is 0 Å². The average Bonchev–Trinajstić information content (AvgIpc) is 3.13. The van der Waals surface area contributed by atoms with Crippen molar-refractivity contribution in [3.63, 3.8) is 0 Å². The molecule has 1 aromatic heterocycles. The smallest absolute Gasteiger partial charge is 0.374 e. The van der Waals surface area contributed by atoms with E-state index in [1.807, 2.05) is 0 Å². The van der Waals surface area contributed by atoms with E-state index in [-0.39, 0.29) is 24.5 Å². The maximum Gasteiger partial charge on any atom is 0.374 e. The predicted molar refractivity (Wildman–Crippen MR) is 93.0 cm³/mol. The first-order valence-electron chi connectivity index (χ1n) is 8.29. The van der Waals surface area contributed by atoms with Crippen LogP contribution in [0.3, 0.4) is 0 Å². The number of carbonyl (C=O) groups is 3. The Balaban J connectivity index is 1.45. The molecule has 0 radical (unpaired) electrons. The summed E-state index contributed by atoms with van der Waals surface area (Å²) in [4.78, 5) is 37.8. The number of aryl methyl sites for hydroxylation is 1. The number of fused-ring (bicyclic) bond motifs is 2. The predicted octanol–water partition coefficient (Wildman–Crippen LogP) is 3.33. The minimum Gasteiger partial charge on any atom is -0.458 e. The van der Waals surface area contributed by atoms with Crippen LogP contribution in [0.2, 0.25) is 0 Å². The topological polar surface area (TPSA) is 76.8 Å². The van der Waals surface area contributed by atoms with E-state index in [9.17, 15) is 18.8 Å². The van der Waals surface area contributed by atoms with Crippen LogP contribution in [0.25, 0.3) is 11.0 Å². The number of rotatable bonds is 4. The molecule has 7 heteroatoms. The molecule has 0 unspecified atom stereocenters. The Kier molecular flexibility index (Phi) is 3.99. The van der Waals surface area contributed by atoms with Gasteiger partial charge in [-0.3, -0.25) is 14.5 Å². The Hall–Kier alpha value is -3.48. The van der Waals surface area contributed by atoms with Crippen LogP contribution in [0.1, 0.15) is 36.8 Å². The normalized spacial score (nSPS) is 13.3. The summed E-state index contributed by atoms with van der Waals surface area (Å²) in [5.74, 6) is -2.29. The number of para-hydroxylation sites is 1. The van der Waals surface area contributed by atoms with Gasteiger partial charge in [-0.25, -0.2) is 9.18 Å². The van der Waals surface area contributed by atoms with Crippen LogP contribution in [0.15, 0.2) is 46.9 Å². The largest absolute Gasteiger partial charge is 0.458 e. The highest BCUT2D eigenvalue weighted by molar-refractivity contribution is 6.21. The van der Waals surface area contributed by atoms with Gasteiger partial charge in [-0.1, -0.05) is 24.3 Å². The summed E-state index contributed by atoms with van der Waals surface area (Å²) in [6.07, 6.45) is 0. The van der Waals surface area contributed by atoms with Crippen LogP contribution >= 0.6 is 0 Å². The zero-order valence-electron chi connectivity index (χ0n) is 14.3. The third-order valence-electron chi connectivity index (χ3n) is 4.53. The Bertz CT molecular complexity index is 1070. The fourth-order valence-corrected chi connectivity index (χ4v) is 3.14. The SMILES string of the molecule is Cc1c(C(=O)OCCN2C(=O)c3ccccc3C2=O)oc2c(F)cccc12. The Labute approximate surface area is 153 Å². The van der Waals surface area contributed by atoms with Crippen molar-refractivity contribution in [1.82, 2.24) is 4.90 Å². The maximum atomic E-state index is 13.8. The zero-order chi connectivity index (χ0) is 19.1. The molecule has 2 heterocycles. The lowest BCUT2D eigenvalue weighted by Gasteiger charge is -2.13. The molecule has 0 spiro atoms. The molecular formula is C20H14FNO5. The zero-order valence-corrected chi connectivity index (χ0v) is 14.3. The average molecular weight is 367 g/mol. The highest BCUT2D eigenvalue weighted by atomic mass is 19.1. The number of furan rings is 1. The summed E-state index contributed by atoms with van der Waals surface area (Å²) in [6, 6.07) is 10.9. The fourth-order valence-electron chi connectivity index (χ4n) is 3.14. The van der Waals surface area contributed by atoms with Crippen molar-refractivity contribution < 1.29 is 27.9 Å². The lowest BCUT2D eigenvalue weighted by atomic mass is 10.1. The maximum absolute atomic E-state index is 13.8. The van der Waals surface area contributed by atoms with Gasteiger partial charge in [-0.05, 0) is 25.1 Å². The van der Waals surface area contributed by atoms with E-state index in [4.69, 9.17) is 9.15 Å². The van der Waals surface area contributed by atoms with E-state index in [0.717, 1.165) is 4.90 Å². The van der Waals surface area contributed by atoms with E-state index in [1.165, 1.54) is 12.1 Å². The summed E-state index contributed by atoms with van der Waals surface area (Å²) >= 11 is 0. The van der Waals surface area contributed by atoms with Crippen LogP contribution in [0, 0.1) is 12.7 Å². The van der Waals surface area contributed by atoms with Crippen molar-refractivity contribution in [2.75, 3.05) is 13.2 Å². The molecule has 4 rings (SSSR count). The molecule has 27 heavy (non-hydrogen) atoms. The number of imide groups is 1. The molecule has 3 aromatic rings. The Morgan fingerprint density at radius 1 is 1.07 bits per heavy atom. The molecule has 0 N–H and O–H groups in total. The van der Waals surface area contributed by atoms with E-state index >= 15 is 0 Å². The number of halogens is 1. The van der Waals surface area contributed by atoms with Gasteiger partial charge in [0.2, 0.25) is 5.76 Å². The number of carbonyl (C=O) groups excluding carboxylic acids is 3. The Morgan fingerprint density at radius 2 is 1.74 bits per heavy atom. The number of nitrogens with zero attached hydrogens (tertiary/aromatic N) is 1. The molecule has 1 aliphatic heterocycles. The summed E-state index contributed by atoms with van der Waals surface area (Å²) in [5, 5.41) is 0.488. The van der Waals surface area contributed by atoms with Crippen LogP contribution in [-0.4, -0.2) is 35.8 Å². The molecule has 0 saturated heterocycles. The van der Waals surface area contributed by atoms with Gasteiger partial charge >= 0.3 is 5.97 Å². The lowest BCUT2D eigenvalue weighted by Crippen LogP contribution is -2.33. The second-order valence-electron chi connectivity index (χ2n) is 6.12. The van der Waals surface area contributed by atoms with Crippen molar-refractivity contribution in [2.45, 2.75) is 6.92 Å². The van der Waals surface area contributed by atoms with E-state index in [2.05, 4.69) is 0 Å². The van der Waals surface area contributed by atoms with Gasteiger partial charge in [0, 0.05) is 10.9 Å². The van der Waals surface area contributed by atoms with Crippen molar-refractivity contribution >= 4 is 28.8 Å². The van der Waals surface area contributed by atoms with E-state index in [1.54, 1.807) is 37.3 Å². The van der Waals surface area contributed by atoms with Crippen LogP contribution in [0.4, 0.5) is 4.39 Å². The van der Waals surface area contributed by atoms with Gasteiger partial charge in [0.1, 0.15) is 6.61 Å². The van der Waals surface area contributed by atoms with Gasteiger partial charge in [0.25, 0.3) is 11.8 Å². The minimum atomic E-state index is -0.778. The van der Waals surface area contributed by atoms with Crippen LogP contribution in [-0.2, 0) is 4.74 Å². The van der Waals surface area contributed by atoms with Crippen molar-refractivity contribution in [3.05, 3.63) is 70.7 Å². The minimum absolute atomic E-state index is 0.0118. The van der Waals surface area contributed by atoms with Gasteiger partial charge in [0.15, 0.2) is 11.4 Å². The molecule has 2 amide bonds. The monoisotopic (exact) mass is 367 g/mol. The first-order valence-corrected chi connectivity index (χ1v) is 8.29. The number of benzene rings is 2. The third kappa shape index (κ3) is 2.68. The summed E-state index contributed by atoms with van der Waals surface area (Å²) in [6.45, 7) is 1.36. The van der Waals surface area contributed by atoms with Gasteiger partial charge in [0.05, 0.1) is 17.7 Å². The first-order chi connectivity index (χ1) is 13.0. The summed E-state index contributed by atoms with van der Waals surface area (Å²) < 4.78 is 24.2. The standard InChI is InChI=1S/C20H14FNO5/c1-11-12-7-4-8-15(21)17(12)27-16(11)20(25)26-10-9-22-18(23)13-5-2-3-6-14(13)19(22)24/h2-8H,9-10H2,1H3. The number of ether oxygens (including phenoxy) is 1. The van der Waals surface area contributed by atoms with Crippen molar-refractivity contribution in [1.29, 1.82) is 0 Å². The molecular weight excluding hydrogens is 353 g/mol. The molecule has 1 aliphatic rings. The van der Waals surface area contributed by atoms with E-state index in [0.29, 0.717) is 22.1 Å². The second kappa shape index (κ2) is 6.35. The van der Waals surface area contributed by atoms with Crippen LogP contribution < -0.4 is 0 Å². The number of amides is 2. The quantitative estimate of drug-likeness (QED) is 0.522. The first kappa shape index (κ1) is 17.0. The second-order valence-corrected chi connectivity index (χ2v) is 6.12. The molecule has 0 saturated carbocycles. The fraction of sp³-hybridized carbons (Fsp3) is 0.150. The van der Waals surface area contributed by atoms with Crippen molar-refractivity contribution in [3.8, 4) is 0 Å². The summed E-state index contributed by atoms with van der Waals surface area (Å²) in [5.41, 5.74) is 1.12.